The monoisotopic (exact) mass is 236 g/mol. The molecule has 0 saturated carbocycles. The number of carbonyl (C=O) groups is 1. The second-order valence-corrected chi connectivity index (χ2v) is 3.71. The number of aryl methyl sites for hydroxylation is 1. The van der Waals surface area contributed by atoms with Gasteiger partial charge in [0, 0.05) is 19.9 Å². The lowest BCUT2D eigenvalue weighted by Gasteiger charge is -2.13. The fourth-order valence-corrected chi connectivity index (χ4v) is 1.39. The third-order valence-electron chi connectivity index (χ3n) is 2.21. The molecule has 0 N–H and O–H groups in total. The molecular formula is C12H16N2O3. The van der Waals surface area contributed by atoms with Crippen LogP contribution in [0.1, 0.15) is 29.9 Å². The summed E-state index contributed by atoms with van der Waals surface area (Å²) >= 11 is 0. The molecule has 1 aromatic heterocycles. The number of nitrogens with zero attached hydrogens (tertiary/aromatic N) is 2. The van der Waals surface area contributed by atoms with Crippen LogP contribution in [0.3, 0.4) is 0 Å². The Morgan fingerprint density at radius 1 is 1.65 bits per heavy atom. The Labute approximate surface area is 101 Å². The zero-order valence-corrected chi connectivity index (χ0v) is 10.3. The first kappa shape index (κ1) is 13.3. The summed E-state index contributed by atoms with van der Waals surface area (Å²) in [4.78, 5) is 11.8. The molecule has 5 heteroatoms. The van der Waals surface area contributed by atoms with Gasteiger partial charge in [-0.1, -0.05) is 0 Å². The van der Waals surface area contributed by atoms with Gasteiger partial charge in [0.05, 0.1) is 12.2 Å². The van der Waals surface area contributed by atoms with Gasteiger partial charge in [-0.15, -0.1) is 0 Å². The van der Waals surface area contributed by atoms with Crippen LogP contribution in [0, 0.1) is 11.3 Å². The van der Waals surface area contributed by atoms with E-state index in [9.17, 15) is 4.79 Å². The normalized spacial score (nSPS) is 11.9. The molecule has 0 aromatic carbocycles. The highest BCUT2D eigenvalue weighted by atomic mass is 16.6. The molecule has 92 valence electrons. The van der Waals surface area contributed by atoms with Crippen molar-refractivity contribution in [1.29, 1.82) is 5.26 Å². The highest BCUT2D eigenvalue weighted by Gasteiger charge is 2.16. The number of hydrogen-bond acceptors (Lipinski definition) is 4. The summed E-state index contributed by atoms with van der Waals surface area (Å²) in [5.41, 5.74) is 0.807. The first-order valence-electron chi connectivity index (χ1n) is 5.43. The first-order chi connectivity index (χ1) is 8.08. The third-order valence-corrected chi connectivity index (χ3v) is 2.21. The molecule has 0 aliphatic carbocycles. The number of ether oxygens (including phenoxy) is 2. The lowest BCUT2D eigenvalue weighted by molar-refractivity contribution is 0.00357. The zero-order chi connectivity index (χ0) is 12.8. The minimum Gasteiger partial charge on any atom is -0.456 e. The topological polar surface area (TPSA) is 64.2 Å². The average Bonchev–Trinajstić information content (AvgIpc) is 2.68. The van der Waals surface area contributed by atoms with Crippen LogP contribution >= 0.6 is 0 Å². The van der Waals surface area contributed by atoms with Crippen molar-refractivity contribution in [3.05, 3.63) is 23.5 Å². The van der Waals surface area contributed by atoms with Crippen molar-refractivity contribution in [2.45, 2.75) is 20.0 Å². The Morgan fingerprint density at radius 2 is 2.35 bits per heavy atom. The van der Waals surface area contributed by atoms with E-state index < -0.39 is 5.97 Å². The van der Waals surface area contributed by atoms with Crippen molar-refractivity contribution in [3.63, 3.8) is 0 Å². The molecule has 1 heterocycles. The van der Waals surface area contributed by atoms with Gasteiger partial charge in [0.1, 0.15) is 17.9 Å². The van der Waals surface area contributed by atoms with E-state index in [1.54, 1.807) is 24.7 Å². The number of rotatable bonds is 5. The minimum absolute atomic E-state index is 0.303. The second-order valence-electron chi connectivity index (χ2n) is 3.71. The van der Waals surface area contributed by atoms with Gasteiger partial charge < -0.3 is 14.0 Å². The fourth-order valence-electron chi connectivity index (χ4n) is 1.39. The van der Waals surface area contributed by atoms with Crippen molar-refractivity contribution >= 4 is 5.97 Å². The van der Waals surface area contributed by atoms with Gasteiger partial charge in [-0.2, -0.15) is 5.26 Å². The van der Waals surface area contributed by atoms with Crippen molar-refractivity contribution in [2.24, 2.45) is 7.05 Å². The number of aromatic nitrogens is 1. The van der Waals surface area contributed by atoms with Crippen LogP contribution in [0.2, 0.25) is 0 Å². The molecule has 0 amide bonds. The fraction of sp³-hybridized carbons (Fsp3) is 0.500. The van der Waals surface area contributed by atoms with Gasteiger partial charge in [-0.25, -0.2) is 4.79 Å². The molecule has 0 spiro atoms. The highest BCUT2D eigenvalue weighted by molar-refractivity contribution is 5.88. The standard InChI is InChI=1S/C12H16N2O3/c1-4-16-8-9(2)17-12(15)11-5-10(6-13)7-14(11)3/h5,7,9H,4,8H2,1-3H3/t9-/m0/s1. The van der Waals surface area contributed by atoms with Crippen molar-refractivity contribution in [2.75, 3.05) is 13.2 Å². The maximum absolute atomic E-state index is 11.8. The molecular weight excluding hydrogens is 220 g/mol. The molecule has 17 heavy (non-hydrogen) atoms. The van der Waals surface area contributed by atoms with Crippen LogP contribution in [-0.2, 0) is 16.5 Å². The Bertz CT molecular complexity index is 431. The molecule has 5 nitrogen and oxygen atoms in total. The Balaban J connectivity index is 2.63. The van der Waals surface area contributed by atoms with E-state index in [-0.39, 0.29) is 6.10 Å². The molecule has 0 saturated heterocycles. The van der Waals surface area contributed by atoms with Gasteiger partial charge in [0.15, 0.2) is 0 Å². The average molecular weight is 236 g/mol. The lowest BCUT2D eigenvalue weighted by Crippen LogP contribution is -2.21. The molecule has 0 aliphatic rings. The SMILES string of the molecule is CCOC[C@H](C)OC(=O)c1cc(C#N)cn1C. The smallest absolute Gasteiger partial charge is 0.355 e. The molecule has 1 rings (SSSR count). The molecule has 0 fully saturated rings. The van der Waals surface area contributed by atoms with Gasteiger partial charge in [0.25, 0.3) is 0 Å². The summed E-state index contributed by atoms with van der Waals surface area (Å²) in [6.45, 7) is 4.61. The van der Waals surface area contributed by atoms with E-state index in [4.69, 9.17) is 14.7 Å². The molecule has 0 unspecified atom stereocenters. The van der Waals surface area contributed by atoms with Gasteiger partial charge in [-0.05, 0) is 19.9 Å². The van der Waals surface area contributed by atoms with Gasteiger partial charge in [0.2, 0.25) is 0 Å². The maximum Gasteiger partial charge on any atom is 0.355 e. The Hall–Kier alpha value is -1.80. The summed E-state index contributed by atoms with van der Waals surface area (Å²) in [5, 5.41) is 8.72. The summed E-state index contributed by atoms with van der Waals surface area (Å²) in [6.07, 6.45) is 1.28. The number of esters is 1. The predicted octanol–water partition coefficient (Wildman–Crippen LogP) is 1.48. The Morgan fingerprint density at radius 3 is 2.88 bits per heavy atom. The summed E-state index contributed by atoms with van der Waals surface area (Å²) in [5.74, 6) is -0.443. The van der Waals surface area contributed by atoms with Gasteiger partial charge >= 0.3 is 5.97 Å². The van der Waals surface area contributed by atoms with Crippen LogP contribution in [-0.4, -0.2) is 29.9 Å². The molecule has 1 aromatic rings. The van der Waals surface area contributed by atoms with E-state index in [0.29, 0.717) is 24.5 Å². The van der Waals surface area contributed by atoms with E-state index in [0.717, 1.165) is 0 Å². The van der Waals surface area contributed by atoms with Crippen molar-refractivity contribution in [1.82, 2.24) is 4.57 Å². The van der Waals surface area contributed by atoms with Crippen LogP contribution in [0.15, 0.2) is 12.3 Å². The van der Waals surface area contributed by atoms with E-state index >= 15 is 0 Å². The molecule has 0 radical (unpaired) electrons. The second kappa shape index (κ2) is 6.06. The summed E-state index contributed by atoms with van der Waals surface area (Å²) in [6, 6.07) is 3.49. The molecule has 1 atom stereocenters. The van der Waals surface area contributed by atoms with Crippen LogP contribution < -0.4 is 0 Å². The van der Waals surface area contributed by atoms with Crippen LogP contribution in [0.5, 0.6) is 0 Å². The zero-order valence-electron chi connectivity index (χ0n) is 10.3. The van der Waals surface area contributed by atoms with E-state index in [1.165, 1.54) is 6.07 Å². The highest BCUT2D eigenvalue weighted by Crippen LogP contribution is 2.09. The third kappa shape index (κ3) is 3.61. The van der Waals surface area contributed by atoms with Crippen molar-refractivity contribution < 1.29 is 14.3 Å². The predicted molar refractivity (Wildman–Crippen MR) is 61.5 cm³/mol. The van der Waals surface area contributed by atoms with E-state index in [1.807, 2.05) is 13.0 Å². The summed E-state index contributed by atoms with van der Waals surface area (Å²) in [7, 11) is 1.70. The number of nitriles is 1. The van der Waals surface area contributed by atoms with Crippen molar-refractivity contribution in [3.8, 4) is 6.07 Å². The Kier molecular flexibility index (Phi) is 4.73. The largest absolute Gasteiger partial charge is 0.456 e. The van der Waals surface area contributed by atoms with Crippen LogP contribution in [0.25, 0.3) is 0 Å². The minimum atomic E-state index is -0.443. The summed E-state index contributed by atoms with van der Waals surface area (Å²) < 4.78 is 11.9. The molecule has 0 bridgehead atoms. The van der Waals surface area contributed by atoms with E-state index in [2.05, 4.69) is 0 Å². The number of carbonyl (C=O) groups excluding carboxylic acids is 1. The molecule has 0 aliphatic heterocycles. The first-order valence-corrected chi connectivity index (χ1v) is 5.43. The number of hydrogen-bond donors (Lipinski definition) is 0. The maximum atomic E-state index is 11.8. The van der Waals surface area contributed by atoms with Crippen LogP contribution in [0.4, 0.5) is 0 Å². The van der Waals surface area contributed by atoms with Gasteiger partial charge in [-0.3, -0.25) is 0 Å². The lowest BCUT2D eigenvalue weighted by atomic mass is 10.3. The quantitative estimate of drug-likeness (QED) is 0.726.